The summed E-state index contributed by atoms with van der Waals surface area (Å²) in [5.41, 5.74) is 2.00. The number of aryl methyl sites for hydroxylation is 2. The quantitative estimate of drug-likeness (QED) is 0.669. The average Bonchev–Trinajstić information content (AvgIpc) is 2.91. The zero-order valence-electron chi connectivity index (χ0n) is 13.9. The second-order valence-electron chi connectivity index (χ2n) is 5.98. The monoisotopic (exact) mass is 382 g/mol. The molecule has 1 heterocycles. The molecule has 1 amide bonds. The normalized spacial score (nSPS) is 11.8. The molecule has 26 heavy (non-hydrogen) atoms. The number of alkyl halides is 3. The van der Waals surface area contributed by atoms with Crippen molar-refractivity contribution < 1.29 is 22.5 Å². The van der Waals surface area contributed by atoms with Gasteiger partial charge in [-0.3, -0.25) is 4.79 Å². The zero-order valence-corrected chi connectivity index (χ0v) is 14.6. The van der Waals surface area contributed by atoms with Gasteiger partial charge in [0.1, 0.15) is 5.69 Å². The number of fused-ring (bicyclic) bond motifs is 1. The first kappa shape index (κ1) is 18.3. The van der Waals surface area contributed by atoms with Crippen LogP contribution in [0.3, 0.4) is 0 Å². The van der Waals surface area contributed by atoms with Crippen LogP contribution in [0.1, 0.15) is 22.4 Å². The largest absolute Gasteiger partial charge is 0.416 e. The van der Waals surface area contributed by atoms with Gasteiger partial charge in [-0.25, -0.2) is 0 Å². The maximum absolute atomic E-state index is 12.8. The van der Waals surface area contributed by atoms with Crippen LogP contribution in [-0.4, -0.2) is 11.1 Å². The van der Waals surface area contributed by atoms with Crippen molar-refractivity contribution in [2.24, 2.45) is 0 Å². The molecule has 0 aliphatic heterocycles. The number of nitrogens with zero attached hydrogens (tertiary/aromatic N) is 1. The number of amides is 1. The highest BCUT2D eigenvalue weighted by atomic mass is 35.5. The van der Waals surface area contributed by atoms with E-state index in [1.165, 1.54) is 0 Å². The lowest BCUT2D eigenvalue weighted by atomic mass is 10.1. The second-order valence-corrected chi connectivity index (χ2v) is 6.39. The van der Waals surface area contributed by atoms with E-state index in [9.17, 15) is 18.0 Å². The number of hydrogen-bond acceptors (Lipinski definition) is 3. The number of rotatable bonds is 3. The maximum Gasteiger partial charge on any atom is 0.416 e. The van der Waals surface area contributed by atoms with Crippen LogP contribution in [0.2, 0.25) is 5.02 Å². The molecule has 0 unspecified atom stereocenters. The van der Waals surface area contributed by atoms with Gasteiger partial charge in [0.2, 0.25) is 5.91 Å². The van der Waals surface area contributed by atoms with Gasteiger partial charge in [0, 0.05) is 5.39 Å². The molecule has 0 aliphatic carbocycles. The lowest BCUT2D eigenvalue weighted by Crippen LogP contribution is -2.16. The molecule has 0 atom stereocenters. The molecule has 4 nitrogen and oxygen atoms in total. The SMILES string of the molecule is Cc1cc2onc(CC(=O)Nc3cc(C(F)(F)F)ccc3Cl)c2cc1C. The molecule has 0 saturated heterocycles. The van der Waals surface area contributed by atoms with Gasteiger partial charge in [0.05, 0.1) is 22.7 Å². The number of carbonyl (C=O) groups is 1. The van der Waals surface area contributed by atoms with Crippen molar-refractivity contribution in [1.29, 1.82) is 0 Å². The Bertz CT molecular complexity index is 996. The number of benzene rings is 2. The van der Waals surface area contributed by atoms with Crippen molar-refractivity contribution in [2.75, 3.05) is 5.32 Å². The Morgan fingerprint density at radius 3 is 2.58 bits per heavy atom. The molecule has 8 heteroatoms. The highest BCUT2D eigenvalue weighted by molar-refractivity contribution is 6.33. The zero-order chi connectivity index (χ0) is 19.1. The van der Waals surface area contributed by atoms with E-state index >= 15 is 0 Å². The summed E-state index contributed by atoms with van der Waals surface area (Å²) >= 11 is 5.89. The summed E-state index contributed by atoms with van der Waals surface area (Å²) in [6.07, 6.45) is -4.68. The Kier molecular flexibility index (Phi) is 4.66. The van der Waals surface area contributed by atoms with Gasteiger partial charge in [-0.1, -0.05) is 16.8 Å². The molecule has 0 aliphatic rings. The van der Waals surface area contributed by atoms with E-state index in [4.69, 9.17) is 16.1 Å². The summed E-state index contributed by atoms with van der Waals surface area (Å²) in [5, 5.41) is 7.00. The lowest BCUT2D eigenvalue weighted by molar-refractivity contribution is -0.137. The minimum Gasteiger partial charge on any atom is -0.356 e. The van der Waals surface area contributed by atoms with Gasteiger partial charge in [-0.05, 0) is 55.3 Å². The summed E-state index contributed by atoms with van der Waals surface area (Å²) < 4.78 is 43.6. The number of aromatic nitrogens is 1. The Morgan fingerprint density at radius 1 is 1.19 bits per heavy atom. The first-order valence-electron chi connectivity index (χ1n) is 7.67. The van der Waals surface area contributed by atoms with Crippen LogP contribution in [0, 0.1) is 13.8 Å². The van der Waals surface area contributed by atoms with E-state index in [2.05, 4.69) is 10.5 Å². The van der Waals surface area contributed by atoms with Crippen molar-refractivity contribution in [3.63, 3.8) is 0 Å². The van der Waals surface area contributed by atoms with Gasteiger partial charge in [-0.15, -0.1) is 0 Å². The average molecular weight is 383 g/mol. The molecule has 136 valence electrons. The molecule has 3 aromatic rings. The fraction of sp³-hybridized carbons (Fsp3) is 0.222. The van der Waals surface area contributed by atoms with Crippen LogP contribution in [-0.2, 0) is 17.4 Å². The third-order valence-corrected chi connectivity index (χ3v) is 4.39. The third-order valence-electron chi connectivity index (χ3n) is 4.06. The van der Waals surface area contributed by atoms with Crippen LogP contribution in [0.15, 0.2) is 34.9 Å². The topological polar surface area (TPSA) is 55.1 Å². The minimum absolute atomic E-state index is 0.0165. The van der Waals surface area contributed by atoms with Crippen LogP contribution in [0.25, 0.3) is 11.0 Å². The van der Waals surface area contributed by atoms with E-state index in [0.29, 0.717) is 16.7 Å². The van der Waals surface area contributed by atoms with E-state index in [1.54, 1.807) is 0 Å². The fourth-order valence-electron chi connectivity index (χ4n) is 2.52. The van der Waals surface area contributed by atoms with Crippen LogP contribution >= 0.6 is 11.6 Å². The Hall–Kier alpha value is -2.54. The van der Waals surface area contributed by atoms with E-state index in [0.717, 1.165) is 29.3 Å². The van der Waals surface area contributed by atoms with Gasteiger partial charge in [0.15, 0.2) is 5.58 Å². The van der Waals surface area contributed by atoms with Crippen molar-refractivity contribution in [3.05, 3.63) is 57.7 Å². The number of hydrogen-bond donors (Lipinski definition) is 1. The molecule has 2 aromatic carbocycles. The van der Waals surface area contributed by atoms with E-state index in [-0.39, 0.29) is 17.1 Å². The fourth-order valence-corrected chi connectivity index (χ4v) is 2.68. The molecule has 0 saturated carbocycles. The molecule has 0 radical (unpaired) electrons. The molecule has 0 bridgehead atoms. The highest BCUT2D eigenvalue weighted by Crippen LogP contribution is 2.34. The van der Waals surface area contributed by atoms with Crippen molar-refractivity contribution in [3.8, 4) is 0 Å². The van der Waals surface area contributed by atoms with Crippen LogP contribution in [0.4, 0.5) is 18.9 Å². The summed E-state index contributed by atoms with van der Waals surface area (Å²) in [5.74, 6) is -0.542. The molecule has 1 aromatic heterocycles. The Balaban J connectivity index is 1.83. The number of anilines is 1. The van der Waals surface area contributed by atoms with Gasteiger partial charge in [-0.2, -0.15) is 13.2 Å². The summed E-state index contributed by atoms with van der Waals surface area (Å²) in [4.78, 5) is 12.3. The van der Waals surface area contributed by atoms with E-state index in [1.807, 2.05) is 26.0 Å². The summed E-state index contributed by atoms with van der Waals surface area (Å²) in [6.45, 7) is 3.85. The highest BCUT2D eigenvalue weighted by Gasteiger charge is 2.31. The Labute approximate surface area is 151 Å². The standard InChI is InChI=1S/C18H14ClF3N2O2/c1-9-5-12-14(24-26-16(12)6-10(9)2)8-17(25)23-15-7-11(18(20,21)22)3-4-13(15)19/h3-7H,8H2,1-2H3,(H,23,25). The lowest BCUT2D eigenvalue weighted by Gasteiger charge is -2.11. The Morgan fingerprint density at radius 2 is 1.88 bits per heavy atom. The van der Waals surface area contributed by atoms with E-state index < -0.39 is 17.6 Å². The molecular weight excluding hydrogens is 369 g/mol. The van der Waals surface area contributed by atoms with Gasteiger partial charge >= 0.3 is 6.18 Å². The maximum atomic E-state index is 12.8. The number of carbonyl (C=O) groups excluding carboxylic acids is 1. The molecular formula is C18H14ClF3N2O2. The van der Waals surface area contributed by atoms with Crippen molar-refractivity contribution in [1.82, 2.24) is 5.16 Å². The first-order chi connectivity index (χ1) is 12.1. The van der Waals surface area contributed by atoms with Crippen molar-refractivity contribution >= 4 is 34.2 Å². The summed E-state index contributed by atoms with van der Waals surface area (Å²) in [7, 11) is 0. The van der Waals surface area contributed by atoms with Crippen LogP contribution < -0.4 is 5.32 Å². The molecule has 1 N–H and O–H groups in total. The smallest absolute Gasteiger partial charge is 0.356 e. The number of nitrogens with one attached hydrogen (secondary N) is 1. The van der Waals surface area contributed by atoms with Crippen LogP contribution in [0.5, 0.6) is 0 Å². The molecule has 0 fully saturated rings. The molecule has 3 rings (SSSR count). The van der Waals surface area contributed by atoms with Gasteiger partial charge in [0.25, 0.3) is 0 Å². The van der Waals surface area contributed by atoms with Crippen molar-refractivity contribution in [2.45, 2.75) is 26.4 Å². The predicted octanol–water partition coefficient (Wildman–Crippen LogP) is 5.30. The summed E-state index contributed by atoms with van der Waals surface area (Å²) in [6, 6.07) is 6.43. The number of halogens is 4. The third kappa shape index (κ3) is 3.67. The molecule has 0 spiro atoms. The minimum atomic E-state index is -4.53. The first-order valence-corrected chi connectivity index (χ1v) is 8.05. The second kappa shape index (κ2) is 6.64. The van der Waals surface area contributed by atoms with Gasteiger partial charge < -0.3 is 9.84 Å². The predicted molar refractivity (Wildman–Crippen MR) is 92.3 cm³/mol.